The van der Waals surface area contributed by atoms with Gasteiger partial charge in [-0.05, 0) is 6.92 Å². The van der Waals surface area contributed by atoms with E-state index in [1.165, 1.54) is 11.8 Å². The van der Waals surface area contributed by atoms with Crippen LogP contribution in [0.15, 0.2) is 40.1 Å². The second-order valence-corrected chi connectivity index (χ2v) is 6.85. The van der Waals surface area contributed by atoms with Crippen LogP contribution in [0.25, 0.3) is 11.3 Å². The van der Waals surface area contributed by atoms with Crippen LogP contribution in [0.2, 0.25) is 0 Å². The monoisotopic (exact) mass is 322 g/mol. The third kappa shape index (κ3) is 4.84. The van der Waals surface area contributed by atoms with Crippen molar-refractivity contribution in [3.63, 3.8) is 0 Å². The van der Waals surface area contributed by atoms with Crippen molar-refractivity contribution in [2.75, 3.05) is 20.3 Å². The van der Waals surface area contributed by atoms with Gasteiger partial charge in [0.2, 0.25) is 5.91 Å². The molecule has 4 nitrogen and oxygen atoms in total. The third-order valence-corrected chi connectivity index (χ3v) is 4.88. The van der Waals surface area contributed by atoms with Crippen molar-refractivity contribution >= 4 is 29.0 Å². The average molecular weight is 322 g/mol. The Kier molecular flexibility index (Phi) is 6.22. The predicted molar refractivity (Wildman–Crippen MR) is 87.8 cm³/mol. The van der Waals surface area contributed by atoms with E-state index in [4.69, 9.17) is 4.74 Å². The van der Waals surface area contributed by atoms with Gasteiger partial charge in [-0.25, -0.2) is 4.98 Å². The summed E-state index contributed by atoms with van der Waals surface area (Å²) in [5.74, 6) is 0.00788. The molecule has 2 aromatic rings. The fourth-order valence-corrected chi connectivity index (χ4v) is 3.67. The van der Waals surface area contributed by atoms with Crippen molar-refractivity contribution in [3.8, 4) is 11.3 Å². The molecule has 0 radical (unpaired) electrons. The molecule has 0 aliphatic heterocycles. The number of nitrogens with zero attached hydrogens (tertiary/aromatic N) is 1. The molecule has 0 bridgehead atoms. The minimum absolute atomic E-state index is 0.00788. The normalized spacial score (nSPS) is 12.1. The van der Waals surface area contributed by atoms with Gasteiger partial charge < -0.3 is 10.1 Å². The Morgan fingerprint density at radius 3 is 2.90 bits per heavy atom. The minimum Gasteiger partial charge on any atom is -0.383 e. The number of hydrogen-bond donors (Lipinski definition) is 1. The highest BCUT2D eigenvalue weighted by atomic mass is 32.2. The number of carbonyl (C=O) groups excluding carboxylic acids is 1. The molecular weight excluding hydrogens is 304 g/mol. The summed E-state index contributed by atoms with van der Waals surface area (Å²) in [7, 11) is 1.62. The van der Waals surface area contributed by atoms with Crippen LogP contribution in [-0.2, 0) is 9.53 Å². The lowest BCUT2D eigenvalue weighted by Crippen LogP contribution is -2.33. The molecule has 0 saturated heterocycles. The zero-order valence-corrected chi connectivity index (χ0v) is 13.7. The molecular formula is C15H18N2O2S2. The van der Waals surface area contributed by atoms with Crippen molar-refractivity contribution in [2.45, 2.75) is 16.5 Å². The number of thiazole rings is 1. The zero-order valence-electron chi connectivity index (χ0n) is 12.0. The maximum atomic E-state index is 11.9. The van der Waals surface area contributed by atoms with E-state index in [0.717, 1.165) is 15.6 Å². The lowest BCUT2D eigenvalue weighted by molar-refractivity contribution is -0.120. The summed E-state index contributed by atoms with van der Waals surface area (Å²) in [4.78, 5) is 16.5. The molecule has 1 aromatic carbocycles. The first kappa shape index (κ1) is 16.0. The van der Waals surface area contributed by atoms with E-state index in [-0.39, 0.29) is 11.2 Å². The number of nitrogens with one attached hydrogen (secondary N) is 1. The van der Waals surface area contributed by atoms with E-state index < -0.39 is 0 Å². The first-order valence-corrected chi connectivity index (χ1v) is 8.41. The number of aromatic nitrogens is 1. The summed E-state index contributed by atoms with van der Waals surface area (Å²) in [6.45, 7) is 2.95. The molecule has 6 heteroatoms. The topological polar surface area (TPSA) is 51.2 Å². The number of methoxy groups -OCH3 is 1. The molecule has 0 aliphatic carbocycles. The van der Waals surface area contributed by atoms with Crippen molar-refractivity contribution in [3.05, 3.63) is 35.7 Å². The zero-order chi connectivity index (χ0) is 15.1. The average Bonchev–Trinajstić information content (AvgIpc) is 2.97. The first-order valence-electron chi connectivity index (χ1n) is 6.65. The van der Waals surface area contributed by atoms with E-state index in [0.29, 0.717) is 13.2 Å². The number of amides is 1. The SMILES string of the molecule is COCCNC(=O)[C@@H](C)Sc1nc(-c2ccccc2)cs1. The van der Waals surface area contributed by atoms with Crippen LogP contribution >= 0.6 is 23.1 Å². The van der Waals surface area contributed by atoms with Gasteiger partial charge in [0, 0.05) is 24.6 Å². The van der Waals surface area contributed by atoms with E-state index in [1.54, 1.807) is 18.4 Å². The van der Waals surface area contributed by atoms with Gasteiger partial charge in [-0.2, -0.15) is 0 Å². The van der Waals surface area contributed by atoms with E-state index in [9.17, 15) is 4.79 Å². The number of thioether (sulfide) groups is 1. The van der Waals surface area contributed by atoms with Gasteiger partial charge in [-0.15, -0.1) is 11.3 Å². The molecule has 0 spiro atoms. The van der Waals surface area contributed by atoms with Gasteiger partial charge in [-0.1, -0.05) is 42.1 Å². The maximum Gasteiger partial charge on any atom is 0.233 e. The Morgan fingerprint density at radius 1 is 1.43 bits per heavy atom. The van der Waals surface area contributed by atoms with E-state index in [2.05, 4.69) is 10.3 Å². The van der Waals surface area contributed by atoms with Crippen LogP contribution < -0.4 is 5.32 Å². The summed E-state index contributed by atoms with van der Waals surface area (Å²) in [5.41, 5.74) is 2.05. The van der Waals surface area contributed by atoms with E-state index >= 15 is 0 Å². The first-order chi connectivity index (χ1) is 10.2. The van der Waals surface area contributed by atoms with Crippen LogP contribution in [0.4, 0.5) is 0 Å². The predicted octanol–water partition coefficient (Wildman–Crippen LogP) is 3.05. The van der Waals surface area contributed by atoms with Crippen LogP contribution in [-0.4, -0.2) is 36.4 Å². The maximum absolute atomic E-state index is 11.9. The Hall–Kier alpha value is -1.37. The highest BCUT2D eigenvalue weighted by Gasteiger charge is 2.16. The van der Waals surface area contributed by atoms with Crippen molar-refractivity contribution in [1.29, 1.82) is 0 Å². The van der Waals surface area contributed by atoms with Crippen molar-refractivity contribution in [1.82, 2.24) is 10.3 Å². The van der Waals surface area contributed by atoms with Crippen molar-refractivity contribution in [2.24, 2.45) is 0 Å². The van der Waals surface area contributed by atoms with Gasteiger partial charge in [0.25, 0.3) is 0 Å². The number of benzene rings is 1. The third-order valence-electron chi connectivity index (χ3n) is 2.80. The highest BCUT2D eigenvalue weighted by molar-refractivity contribution is 8.02. The Morgan fingerprint density at radius 2 is 2.19 bits per heavy atom. The number of ether oxygens (including phenoxy) is 1. The molecule has 1 aromatic heterocycles. The fraction of sp³-hybridized carbons (Fsp3) is 0.333. The fourth-order valence-electron chi connectivity index (χ4n) is 1.68. The quantitative estimate of drug-likeness (QED) is 0.629. The lowest BCUT2D eigenvalue weighted by Gasteiger charge is -2.09. The summed E-state index contributed by atoms with van der Waals surface area (Å²) in [5, 5.41) is 4.69. The largest absolute Gasteiger partial charge is 0.383 e. The molecule has 0 saturated carbocycles. The number of carbonyl (C=O) groups is 1. The molecule has 0 unspecified atom stereocenters. The number of hydrogen-bond acceptors (Lipinski definition) is 5. The van der Waals surface area contributed by atoms with Gasteiger partial charge in [-0.3, -0.25) is 4.79 Å². The molecule has 0 aliphatic rings. The molecule has 1 N–H and O–H groups in total. The van der Waals surface area contributed by atoms with Gasteiger partial charge >= 0.3 is 0 Å². The van der Waals surface area contributed by atoms with Gasteiger partial charge in [0.15, 0.2) is 4.34 Å². The van der Waals surface area contributed by atoms with Crippen LogP contribution in [0.3, 0.4) is 0 Å². The molecule has 2 rings (SSSR count). The highest BCUT2D eigenvalue weighted by Crippen LogP contribution is 2.30. The van der Waals surface area contributed by atoms with Crippen LogP contribution in [0.5, 0.6) is 0 Å². The van der Waals surface area contributed by atoms with Gasteiger partial charge in [0.05, 0.1) is 17.6 Å². The Labute approximate surface area is 132 Å². The Bertz CT molecular complexity index is 572. The molecule has 0 fully saturated rings. The summed E-state index contributed by atoms with van der Waals surface area (Å²) in [6, 6.07) is 10.0. The summed E-state index contributed by atoms with van der Waals surface area (Å²) in [6.07, 6.45) is 0. The number of rotatable bonds is 7. The molecule has 1 atom stereocenters. The lowest BCUT2D eigenvalue weighted by atomic mass is 10.2. The molecule has 21 heavy (non-hydrogen) atoms. The molecule has 112 valence electrons. The smallest absolute Gasteiger partial charge is 0.233 e. The second kappa shape index (κ2) is 8.17. The van der Waals surface area contributed by atoms with E-state index in [1.807, 2.05) is 42.6 Å². The summed E-state index contributed by atoms with van der Waals surface area (Å²) < 4.78 is 5.82. The Balaban J connectivity index is 1.91. The molecule has 1 heterocycles. The van der Waals surface area contributed by atoms with Crippen LogP contribution in [0, 0.1) is 0 Å². The summed E-state index contributed by atoms with van der Waals surface area (Å²) >= 11 is 3.05. The second-order valence-electron chi connectivity index (χ2n) is 4.41. The van der Waals surface area contributed by atoms with Crippen LogP contribution in [0.1, 0.15) is 6.92 Å². The van der Waals surface area contributed by atoms with Gasteiger partial charge in [0.1, 0.15) is 0 Å². The standard InChI is InChI=1S/C15H18N2O2S2/c1-11(14(18)16-8-9-19-2)21-15-17-13(10-20-15)12-6-4-3-5-7-12/h3-7,10-11H,8-9H2,1-2H3,(H,16,18)/t11-/m1/s1. The van der Waals surface area contributed by atoms with Crippen molar-refractivity contribution < 1.29 is 9.53 Å². The minimum atomic E-state index is -0.170. The molecule has 1 amide bonds.